The summed E-state index contributed by atoms with van der Waals surface area (Å²) in [6.45, 7) is 5.26. The van der Waals surface area contributed by atoms with Crippen molar-refractivity contribution in [2.75, 3.05) is 38.2 Å². The van der Waals surface area contributed by atoms with Gasteiger partial charge in [-0.15, -0.1) is 0 Å². The van der Waals surface area contributed by atoms with Crippen LogP contribution in [0, 0.1) is 23.7 Å². The van der Waals surface area contributed by atoms with Gasteiger partial charge in [-0.25, -0.2) is 9.97 Å². The highest BCUT2D eigenvalue weighted by Crippen LogP contribution is 2.39. The van der Waals surface area contributed by atoms with Gasteiger partial charge in [0.2, 0.25) is 5.91 Å². The molecule has 1 atom stereocenters. The number of carbonyl (C=O) groups excluding carboxylic acids is 2. The number of aromatic nitrogens is 2. The van der Waals surface area contributed by atoms with Gasteiger partial charge in [-0.3, -0.25) is 9.59 Å². The van der Waals surface area contributed by atoms with E-state index in [9.17, 15) is 9.59 Å². The Kier molecular flexibility index (Phi) is 9.35. The van der Waals surface area contributed by atoms with Gasteiger partial charge in [-0.2, -0.15) is 0 Å². The van der Waals surface area contributed by atoms with E-state index < -0.39 is 6.04 Å². The number of likely N-dealkylation sites (tertiary alicyclic amines) is 1. The van der Waals surface area contributed by atoms with Gasteiger partial charge < -0.3 is 20.3 Å². The molecule has 3 heterocycles. The van der Waals surface area contributed by atoms with Crippen LogP contribution in [0.1, 0.15) is 63.9 Å². The van der Waals surface area contributed by atoms with Crippen LogP contribution in [-0.2, 0) is 20.7 Å². The van der Waals surface area contributed by atoms with E-state index >= 15 is 0 Å². The molecule has 2 aliphatic heterocycles. The molecule has 3 aliphatic rings. The summed E-state index contributed by atoms with van der Waals surface area (Å²) >= 11 is 0. The average molecular weight is 548 g/mol. The van der Waals surface area contributed by atoms with E-state index in [0.717, 1.165) is 47.7 Å². The summed E-state index contributed by atoms with van der Waals surface area (Å²) in [6, 6.07) is 7.29. The largest absolute Gasteiger partial charge is 0.469 e. The molecule has 3 fully saturated rings. The number of nitrogens with zero attached hydrogens (tertiary/aromatic N) is 4. The third-order valence-corrected chi connectivity index (χ3v) is 9.51. The predicted octanol–water partition coefficient (Wildman–Crippen LogP) is 4.47. The summed E-state index contributed by atoms with van der Waals surface area (Å²) in [6.07, 6.45) is 15.4. The van der Waals surface area contributed by atoms with E-state index in [1.807, 2.05) is 36.7 Å². The smallest absolute Gasteiger partial charge is 0.312 e. The molecule has 8 heteroatoms. The Hall–Kier alpha value is -3.00. The number of hydrogen-bond donors (Lipinski definition) is 1. The number of nitrogens with two attached hydrogens (primary N) is 1. The molecule has 5 rings (SSSR count). The third kappa shape index (κ3) is 6.65. The van der Waals surface area contributed by atoms with Crippen molar-refractivity contribution in [1.29, 1.82) is 0 Å². The maximum Gasteiger partial charge on any atom is 0.312 e. The molecular weight excluding hydrogens is 502 g/mol. The number of carbonyl (C=O) groups is 2. The zero-order valence-corrected chi connectivity index (χ0v) is 24.1. The maximum atomic E-state index is 12.6. The lowest BCUT2D eigenvalue weighted by Crippen LogP contribution is -2.57. The zero-order valence-electron chi connectivity index (χ0n) is 24.1. The molecule has 0 spiro atoms. The molecule has 2 aromatic rings. The van der Waals surface area contributed by atoms with Crippen molar-refractivity contribution in [3.05, 3.63) is 42.2 Å². The Balaban J connectivity index is 1.08. The van der Waals surface area contributed by atoms with Crippen LogP contribution in [0.2, 0.25) is 0 Å². The molecule has 1 aliphatic carbocycles. The van der Waals surface area contributed by atoms with Gasteiger partial charge in [0.15, 0.2) is 5.82 Å². The molecule has 40 heavy (non-hydrogen) atoms. The van der Waals surface area contributed by atoms with Crippen LogP contribution >= 0.6 is 0 Å². The Morgan fingerprint density at radius 2 is 1.60 bits per heavy atom. The second-order valence-electron chi connectivity index (χ2n) is 12.1. The number of amides is 1. The topological polar surface area (TPSA) is 102 Å². The van der Waals surface area contributed by atoms with Crippen molar-refractivity contribution in [2.24, 2.45) is 29.4 Å². The molecule has 0 bridgehead atoms. The van der Waals surface area contributed by atoms with Crippen LogP contribution < -0.4 is 10.6 Å². The number of methoxy groups -OCH3 is 1. The first-order valence-corrected chi connectivity index (χ1v) is 15.2. The lowest BCUT2D eigenvalue weighted by atomic mass is 9.72. The Bertz CT molecular complexity index is 1120. The highest BCUT2D eigenvalue weighted by Gasteiger charge is 2.38. The van der Waals surface area contributed by atoms with Crippen molar-refractivity contribution in [2.45, 2.75) is 70.8 Å². The van der Waals surface area contributed by atoms with E-state index in [2.05, 4.69) is 21.8 Å². The SMILES string of the molecule is CCCC1CCC(C2CCN(c3cnc(-c4ccc(C[C@H](N)C(=O)N5CC(C(=O)OC)C5)cc4)nc3)CC2)CC1. The minimum absolute atomic E-state index is 0.133. The van der Waals surface area contributed by atoms with Gasteiger partial charge in [0.25, 0.3) is 0 Å². The summed E-state index contributed by atoms with van der Waals surface area (Å²) in [5.41, 5.74) is 9.21. The fraction of sp³-hybridized carbons (Fsp3) is 0.625. The van der Waals surface area contributed by atoms with Crippen molar-refractivity contribution in [3.63, 3.8) is 0 Å². The van der Waals surface area contributed by atoms with Crippen molar-refractivity contribution >= 4 is 17.6 Å². The molecule has 2 N–H and O–H groups in total. The summed E-state index contributed by atoms with van der Waals surface area (Å²) < 4.78 is 4.74. The number of hydrogen-bond acceptors (Lipinski definition) is 7. The lowest BCUT2D eigenvalue weighted by Gasteiger charge is -2.39. The van der Waals surface area contributed by atoms with E-state index in [-0.39, 0.29) is 17.8 Å². The first-order chi connectivity index (χ1) is 19.4. The Morgan fingerprint density at radius 1 is 0.975 bits per heavy atom. The molecule has 216 valence electrons. The van der Waals surface area contributed by atoms with Crippen molar-refractivity contribution in [3.8, 4) is 11.4 Å². The van der Waals surface area contributed by atoms with Crippen LogP contribution in [0.25, 0.3) is 11.4 Å². The van der Waals surface area contributed by atoms with E-state index in [1.165, 1.54) is 58.5 Å². The van der Waals surface area contributed by atoms with Crippen LogP contribution in [0.15, 0.2) is 36.7 Å². The minimum atomic E-state index is -0.639. The number of piperidine rings is 1. The van der Waals surface area contributed by atoms with Gasteiger partial charge in [-0.05, 0) is 55.4 Å². The second kappa shape index (κ2) is 13.1. The van der Waals surface area contributed by atoms with Gasteiger partial charge in [-0.1, -0.05) is 56.9 Å². The summed E-state index contributed by atoms with van der Waals surface area (Å²) in [7, 11) is 1.37. The Morgan fingerprint density at radius 3 is 2.20 bits per heavy atom. The predicted molar refractivity (Wildman–Crippen MR) is 157 cm³/mol. The van der Waals surface area contributed by atoms with Crippen molar-refractivity contribution in [1.82, 2.24) is 14.9 Å². The standard InChI is InChI=1S/C32H45N5O3/c1-3-4-22-5-9-24(10-6-22)25-13-15-36(16-14-25)28-18-34-30(35-19-28)26-11-7-23(8-12-26)17-29(33)31(38)37-20-27(21-37)32(39)40-2/h7-8,11-12,18-19,22,24-25,27,29H,3-6,9-10,13-17,20-21,33H2,1-2H3/t22?,24?,29-/m0/s1. The summed E-state index contributed by atoms with van der Waals surface area (Å²) in [5.74, 6) is 2.84. The summed E-state index contributed by atoms with van der Waals surface area (Å²) in [5, 5.41) is 0. The number of esters is 1. The first kappa shape index (κ1) is 28.5. The van der Waals surface area contributed by atoms with Crippen LogP contribution in [-0.4, -0.2) is 66.1 Å². The first-order valence-electron chi connectivity index (χ1n) is 15.2. The molecular formula is C32H45N5O3. The van der Waals surface area contributed by atoms with Gasteiger partial charge in [0.05, 0.1) is 37.2 Å². The molecule has 1 amide bonds. The number of ether oxygens (including phenoxy) is 1. The molecule has 0 radical (unpaired) electrons. The second-order valence-corrected chi connectivity index (χ2v) is 12.1. The quantitative estimate of drug-likeness (QED) is 0.462. The van der Waals surface area contributed by atoms with Gasteiger partial charge in [0.1, 0.15) is 0 Å². The third-order valence-electron chi connectivity index (χ3n) is 9.51. The fourth-order valence-electron chi connectivity index (χ4n) is 6.96. The van der Waals surface area contributed by atoms with Crippen molar-refractivity contribution < 1.29 is 14.3 Å². The van der Waals surface area contributed by atoms with Crippen LogP contribution in [0.5, 0.6) is 0 Å². The molecule has 1 saturated carbocycles. The molecule has 1 aromatic carbocycles. The summed E-state index contributed by atoms with van der Waals surface area (Å²) in [4.78, 5) is 37.6. The van der Waals surface area contributed by atoms with Crippen LogP contribution in [0.4, 0.5) is 5.69 Å². The average Bonchev–Trinajstić information content (AvgIpc) is 2.97. The van der Waals surface area contributed by atoms with Crippen LogP contribution in [0.3, 0.4) is 0 Å². The minimum Gasteiger partial charge on any atom is -0.469 e. The zero-order chi connectivity index (χ0) is 28.1. The number of anilines is 1. The fourth-order valence-corrected chi connectivity index (χ4v) is 6.96. The highest BCUT2D eigenvalue weighted by atomic mass is 16.5. The van der Waals surface area contributed by atoms with Gasteiger partial charge in [0, 0.05) is 31.7 Å². The van der Waals surface area contributed by atoms with Gasteiger partial charge >= 0.3 is 5.97 Å². The Labute approximate surface area is 238 Å². The number of rotatable bonds is 9. The lowest BCUT2D eigenvalue weighted by molar-refractivity contribution is -0.156. The molecule has 8 nitrogen and oxygen atoms in total. The normalized spacial score (nSPS) is 23.0. The molecule has 1 aromatic heterocycles. The molecule has 2 saturated heterocycles. The van der Waals surface area contributed by atoms with E-state index in [0.29, 0.717) is 25.3 Å². The monoisotopic (exact) mass is 547 g/mol. The van der Waals surface area contributed by atoms with E-state index in [4.69, 9.17) is 10.5 Å². The highest BCUT2D eigenvalue weighted by molar-refractivity contribution is 5.85. The number of benzene rings is 1. The molecule has 0 unspecified atom stereocenters. The van der Waals surface area contributed by atoms with E-state index in [1.54, 1.807) is 4.90 Å². The maximum absolute atomic E-state index is 12.6.